The third-order valence-corrected chi connectivity index (χ3v) is 6.15. The molecule has 1 aromatic carbocycles. The normalized spacial score (nSPS) is 22.2. The van der Waals surface area contributed by atoms with E-state index < -0.39 is 20.0 Å². The summed E-state index contributed by atoms with van der Waals surface area (Å²) in [5, 5.41) is 13.7. The number of nitro benzene ring substituents is 1. The number of nitro groups is 1. The summed E-state index contributed by atoms with van der Waals surface area (Å²) in [6, 6.07) is 2.92. The highest BCUT2D eigenvalue weighted by molar-refractivity contribution is 9.10. The molecule has 116 valence electrons. The number of hydrogen-bond donors (Lipinski definition) is 1. The number of benzene rings is 1. The van der Waals surface area contributed by atoms with Crippen molar-refractivity contribution in [3.8, 4) is 0 Å². The Morgan fingerprint density at radius 3 is 2.62 bits per heavy atom. The van der Waals surface area contributed by atoms with Gasteiger partial charge in [0.15, 0.2) is 9.84 Å². The van der Waals surface area contributed by atoms with Gasteiger partial charge in [-0.05, 0) is 48.2 Å². The molecule has 0 spiro atoms. The second kappa shape index (κ2) is 5.92. The molecule has 1 fully saturated rings. The number of halogens is 1. The van der Waals surface area contributed by atoms with E-state index in [9.17, 15) is 18.5 Å². The van der Waals surface area contributed by atoms with Crippen molar-refractivity contribution in [2.75, 3.05) is 11.6 Å². The zero-order chi connectivity index (χ0) is 15.8. The molecular weight excluding hydrogens is 360 g/mol. The van der Waals surface area contributed by atoms with Gasteiger partial charge in [-0.2, -0.15) is 0 Å². The molecule has 1 saturated carbocycles. The Balaban J connectivity index is 2.31. The summed E-state index contributed by atoms with van der Waals surface area (Å²) in [5.74, 6) is 0. The number of anilines is 1. The molecule has 2 rings (SSSR count). The molecule has 1 aliphatic carbocycles. The van der Waals surface area contributed by atoms with E-state index in [0.29, 0.717) is 22.1 Å². The van der Waals surface area contributed by atoms with Crippen LogP contribution < -0.4 is 5.32 Å². The van der Waals surface area contributed by atoms with Crippen molar-refractivity contribution < 1.29 is 13.3 Å². The lowest BCUT2D eigenvalue weighted by molar-refractivity contribution is -0.385. The van der Waals surface area contributed by atoms with Gasteiger partial charge in [0.1, 0.15) is 0 Å². The van der Waals surface area contributed by atoms with Crippen LogP contribution in [-0.4, -0.2) is 30.9 Å². The minimum Gasteiger partial charge on any atom is -0.380 e. The van der Waals surface area contributed by atoms with Gasteiger partial charge in [-0.1, -0.05) is 0 Å². The fourth-order valence-electron chi connectivity index (χ4n) is 2.77. The molecule has 0 radical (unpaired) electrons. The van der Waals surface area contributed by atoms with Crippen LogP contribution in [0, 0.1) is 17.0 Å². The van der Waals surface area contributed by atoms with E-state index in [1.807, 2.05) is 0 Å². The Hall–Kier alpha value is -1.15. The number of sulfone groups is 1. The van der Waals surface area contributed by atoms with Crippen molar-refractivity contribution in [1.29, 1.82) is 0 Å². The maximum absolute atomic E-state index is 11.8. The smallest absolute Gasteiger partial charge is 0.274 e. The summed E-state index contributed by atoms with van der Waals surface area (Å²) in [6.07, 6.45) is 3.44. The van der Waals surface area contributed by atoms with Crippen LogP contribution in [0.1, 0.15) is 24.8 Å². The summed E-state index contributed by atoms with van der Waals surface area (Å²) in [7, 11) is -3.13. The van der Waals surface area contributed by atoms with Crippen molar-refractivity contribution in [3.63, 3.8) is 0 Å². The number of hydrogen-bond acceptors (Lipinski definition) is 5. The van der Waals surface area contributed by atoms with Gasteiger partial charge in [0.05, 0.1) is 15.9 Å². The van der Waals surface area contributed by atoms with Crippen molar-refractivity contribution in [2.45, 2.75) is 37.5 Å². The lowest BCUT2D eigenvalue weighted by Crippen LogP contribution is -2.34. The van der Waals surface area contributed by atoms with Crippen LogP contribution in [0.5, 0.6) is 0 Å². The first-order valence-electron chi connectivity index (χ1n) is 6.60. The van der Waals surface area contributed by atoms with E-state index >= 15 is 0 Å². The van der Waals surface area contributed by atoms with Gasteiger partial charge in [0.25, 0.3) is 5.69 Å². The maximum atomic E-state index is 11.8. The molecular formula is C13H17BrN2O4S. The van der Waals surface area contributed by atoms with Crippen LogP contribution in [0.2, 0.25) is 0 Å². The maximum Gasteiger partial charge on any atom is 0.274 e. The van der Waals surface area contributed by atoms with E-state index in [0.717, 1.165) is 12.8 Å². The molecule has 0 aromatic heterocycles. The molecule has 6 nitrogen and oxygen atoms in total. The van der Waals surface area contributed by atoms with Gasteiger partial charge in [-0.3, -0.25) is 10.1 Å². The van der Waals surface area contributed by atoms with E-state index in [-0.39, 0.29) is 11.7 Å². The number of aryl methyl sites for hydroxylation is 1. The van der Waals surface area contributed by atoms with Crippen LogP contribution in [0.3, 0.4) is 0 Å². The Morgan fingerprint density at radius 1 is 1.38 bits per heavy atom. The highest BCUT2D eigenvalue weighted by atomic mass is 79.9. The largest absolute Gasteiger partial charge is 0.380 e. The molecule has 1 aromatic rings. The van der Waals surface area contributed by atoms with Crippen LogP contribution in [0.25, 0.3) is 0 Å². The molecule has 1 N–H and O–H groups in total. The average molecular weight is 377 g/mol. The molecule has 2 atom stereocenters. The molecule has 0 aliphatic heterocycles. The van der Waals surface area contributed by atoms with Crippen LogP contribution >= 0.6 is 15.9 Å². The van der Waals surface area contributed by atoms with Crippen molar-refractivity contribution in [2.24, 2.45) is 0 Å². The minimum absolute atomic E-state index is 0.0228. The standard InChI is InChI=1S/C13H17BrN2O4S/c1-8-6-9(14)11(7-12(8)16(17)18)15-10-4-3-5-13(10)21(2,19)20/h6-7,10,13,15H,3-5H2,1-2H3. The fourth-order valence-corrected chi connectivity index (χ4v) is 4.74. The van der Waals surface area contributed by atoms with Crippen molar-refractivity contribution >= 4 is 37.1 Å². The minimum atomic E-state index is -3.13. The molecule has 0 heterocycles. The predicted molar refractivity (Wildman–Crippen MR) is 85.4 cm³/mol. The first-order chi connectivity index (χ1) is 9.70. The van der Waals surface area contributed by atoms with Gasteiger partial charge in [-0.15, -0.1) is 0 Å². The van der Waals surface area contributed by atoms with Gasteiger partial charge < -0.3 is 5.32 Å². The monoisotopic (exact) mass is 376 g/mol. The summed E-state index contributed by atoms with van der Waals surface area (Å²) >= 11 is 3.37. The lowest BCUT2D eigenvalue weighted by Gasteiger charge is -2.21. The number of rotatable bonds is 4. The van der Waals surface area contributed by atoms with Gasteiger partial charge >= 0.3 is 0 Å². The van der Waals surface area contributed by atoms with Crippen LogP contribution in [0.15, 0.2) is 16.6 Å². The summed E-state index contributed by atoms with van der Waals surface area (Å²) < 4.78 is 24.3. The third kappa shape index (κ3) is 3.55. The lowest BCUT2D eigenvalue weighted by atomic mass is 10.1. The summed E-state index contributed by atoms with van der Waals surface area (Å²) in [5.41, 5.74) is 1.14. The zero-order valence-electron chi connectivity index (χ0n) is 11.8. The third-order valence-electron chi connectivity index (χ3n) is 3.83. The number of nitrogens with zero attached hydrogens (tertiary/aromatic N) is 1. The molecule has 0 bridgehead atoms. The molecule has 21 heavy (non-hydrogen) atoms. The SMILES string of the molecule is Cc1cc(Br)c(NC2CCCC2S(C)(=O)=O)cc1[N+](=O)[O-]. The first kappa shape index (κ1) is 16.2. The second-order valence-corrected chi connectivity index (χ2v) is 8.54. The fraction of sp³-hybridized carbons (Fsp3) is 0.538. The highest BCUT2D eigenvalue weighted by Crippen LogP contribution is 2.34. The van der Waals surface area contributed by atoms with Crippen LogP contribution in [0.4, 0.5) is 11.4 Å². The number of nitrogens with one attached hydrogen (secondary N) is 1. The Morgan fingerprint density at radius 2 is 2.05 bits per heavy atom. The van der Waals surface area contributed by atoms with Crippen molar-refractivity contribution in [3.05, 3.63) is 32.3 Å². The quantitative estimate of drug-likeness (QED) is 0.644. The summed E-state index contributed by atoms with van der Waals surface area (Å²) in [6.45, 7) is 1.67. The first-order valence-corrected chi connectivity index (χ1v) is 9.35. The molecule has 2 unspecified atom stereocenters. The van der Waals surface area contributed by atoms with Gasteiger partial charge in [-0.25, -0.2) is 8.42 Å². The second-order valence-electron chi connectivity index (χ2n) is 5.43. The summed E-state index contributed by atoms with van der Waals surface area (Å²) in [4.78, 5) is 10.6. The zero-order valence-corrected chi connectivity index (χ0v) is 14.2. The molecule has 0 amide bonds. The topological polar surface area (TPSA) is 89.3 Å². The van der Waals surface area contributed by atoms with E-state index in [1.165, 1.54) is 12.3 Å². The highest BCUT2D eigenvalue weighted by Gasteiger charge is 2.35. The Kier molecular flexibility index (Phi) is 4.57. The van der Waals surface area contributed by atoms with E-state index in [1.54, 1.807) is 13.0 Å². The van der Waals surface area contributed by atoms with E-state index in [2.05, 4.69) is 21.2 Å². The molecule has 1 aliphatic rings. The van der Waals surface area contributed by atoms with Gasteiger partial charge in [0, 0.05) is 28.4 Å². The molecule has 0 saturated heterocycles. The van der Waals surface area contributed by atoms with E-state index in [4.69, 9.17) is 0 Å². The van der Waals surface area contributed by atoms with Gasteiger partial charge in [0.2, 0.25) is 0 Å². The molecule has 8 heteroatoms. The van der Waals surface area contributed by atoms with Crippen LogP contribution in [-0.2, 0) is 9.84 Å². The average Bonchev–Trinajstić information content (AvgIpc) is 2.80. The Labute approximate surface area is 132 Å². The predicted octanol–water partition coefficient (Wildman–Crippen LogP) is 3.04. The Bertz CT molecular complexity index is 675. The van der Waals surface area contributed by atoms with Crippen molar-refractivity contribution in [1.82, 2.24) is 0 Å².